The molecular weight excluding hydrogens is 412 g/mol. The summed E-state index contributed by atoms with van der Waals surface area (Å²) in [7, 11) is 1.74. The number of carbonyl (C=O) groups is 1. The minimum absolute atomic E-state index is 0.0913. The lowest BCUT2D eigenvalue weighted by Gasteiger charge is -2.65. The molecule has 0 radical (unpaired) electrons. The Labute approximate surface area is 197 Å². The van der Waals surface area contributed by atoms with Crippen LogP contribution in [0.25, 0.3) is 0 Å². The second kappa shape index (κ2) is 7.42. The number of aliphatic hydroxyl groups excluding tert-OH is 1. The summed E-state index contributed by atoms with van der Waals surface area (Å²) in [5.41, 5.74) is 3.52. The third-order valence-corrected chi connectivity index (χ3v) is 11.0. The Hall–Kier alpha value is -1.65. The van der Waals surface area contributed by atoms with Gasteiger partial charge in [-0.2, -0.15) is 0 Å². The summed E-state index contributed by atoms with van der Waals surface area (Å²) < 4.78 is 5.61. The maximum Gasteiger partial charge on any atom is 0.155 e. The summed E-state index contributed by atoms with van der Waals surface area (Å²) in [6, 6.07) is 6.63. The predicted octanol–water partition coefficient (Wildman–Crippen LogP) is 4.96. The Morgan fingerprint density at radius 3 is 2.82 bits per heavy atom. The molecule has 33 heavy (non-hydrogen) atoms. The standard InChI is InChI=1S/C29H38O4/c1-27-17-24-22-7-5-21(33-2)14-18(22)16-28-11-8-20(31)15-19(28)4-6-23(26(24)28)25(27)9-12-29(27,32)10-3-13-30/h5,7,14-15,23-26,30,32H,3-4,6,8-13,16-17H2,1-2H3/t23-,24+,25+,26+,27-,28+,29+/m0/s1. The molecule has 1 aromatic rings. The summed E-state index contributed by atoms with van der Waals surface area (Å²) in [4.78, 5) is 12.5. The van der Waals surface area contributed by atoms with E-state index in [0.29, 0.717) is 48.7 Å². The monoisotopic (exact) mass is 450 g/mol. The zero-order valence-electron chi connectivity index (χ0n) is 20.1. The molecule has 4 heteroatoms. The zero-order chi connectivity index (χ0) is 23.0. The maximum atomic E-state index is 12.5. The van der Waals surface area contributed by atoms with E-state index in [2.05, 4.69) is 25.1 Å². The molecule has 0 heterocycles. The molecule has 7 atom stereocenters. The second-order valence-electron chi connectivity index (χ2n) is 12.0. The number of carbonyl (C=O) groups excluding carboxylic acids is 1. The van der Waals surface area contributed by atoms with E-state index >= 15 is 0 Å². The molecule has 178 valence electrons. The lowest BCUT2D eigenvalue weighted by molar-refractivity contribution is -0.146. The van der Waals surface area contributed by atoms with Crippen molar-refractivity contribution in [3.05, 3.63) is 41.0 Å². The van der Waals surface area contributed by atoms with Gasteiger partial charge in [0.2, 0.25) is 0 Å². The highest BCUT2D eigenvalue weighted by atomic mass is 16.5. The quantitative estimate of drug-likeness (QED) is 0.680. The normalized spacial score (nSPS) is 43.2. The molecule has 0 aromatic heterocycles. The number of methoxy groups -OCH3 is 1. The van der Waals surface area contributed by atoms with E-state index < -0.39 is 5.60 Å². The highest BCUT2D eigenvalue weighted by Crippen LogP contribution is 2.73. The van der Waals surface area contributed by atoms with Crippen LogP contribution in [0.4, 0.5) is 0 Å². The van der Waals surface area contributed by atoms with Crippen LogP contribution in [0.15, 0.2) is 29.8 Å². The van der Waals surface area contributed by atoms with Gasteiger partial charge < -0.3 is 14.9 Å². The summed E-state index contributed by atoms with van der Waals surface area (Å²) in [5, 5.41) is 21.5. The maximum absolute atomic E-state index is 12.5. The number of benzene rings is 1. The van der Waals surface area contributed by atoms with Crippen molar-refractivity contribution >= 4 is 5.78 Å². The number of ether oxygens (including phenoxy) is 1. The van der Waals surface area contributed by atoms with Gasteiger partial charge in [-0.25, -0.2) is 0 Å². The molecule has 0 saturated heterocycles. The number of aliphatic hydroxyl groups is 2. The summed E-state index contributed by atoms with van der Waals surface area (Å²) in [6.07, 6.45) is 11.2. The molecule has 5 aliphatic rings. The smallest absolute Gasteiger partial charge is 0.155 e. The first-order valence-electron chi connectivity index (χ1n) is 13.1. The molecule has 0 amide bonds. The van der Waals surface area contributed by atoms with Crippen LogP contribution >= 0.6 is 0 Å². The van der Waals surface area contributed by atoms with Crippen molar-refractivity contribution in [2.24, 2.45) is 28.6 Å². The number of allylic oxidation sites excluding steroid dienone is 1. The summed E-state index contributed by atoms with van der Waals surface area (Å²) in [6.45, 7) is 2.50. The summed E-state index contributed by atoms with van der Waals surface area (Å²) in [5.74, 6) is 3.30. The van der Waals surface area contributed by atoms with Crippen LogP contribution in [-0.4, -0.2) is 35.3 Å². The molecule has 2 N–H and O–H groups in total. The van der Waals surface area contributed by atoms with Crippen LogP contribution < -0.4 is 4.74 Å². The van der Waals surface area contributed by atoms with Crippen molar-refractivity contribution < 1.29 is 19.7 Å². The Kier molecular flexibility index (Phi) is 4.92. The predicted molar refractivity (Wildman–Crippen MR) is 127 cm³/mol. The van der Waals surface area contributed by atoms with Gasteiger partial charge in [-0.1, -0.05) is 18.6 Å². The number of rotatable bonds is 4. The third kappa shape index (κ3) is 2.86. The first kappa shape index (κ1) is 21.9. The van der Waals surface area contributed by atoms with E-state index in [4.69, 9.17) is 4.74 Å². The number of hydrogen-bond donors (Lipinski definition) is 2. The number of hydrogen-bond acceptors (Lipinski definition) is 4. The molecule has 3 saturated carbocycles. The Morgan fingerprint density at radius 1 is 1.18 bits per heavy atom. The fourth-order valence-electron chi connectivity index (χ4n) is 9.59. The van der Waals surface area contributed by atoms with Crippen LogP contribution in [0.2, 0.25) is 0 Å². The Bertz CT molecular complexity index is 1010. The molecule has 0 unspecified atom stereocenters. The molecular formula is C29H38O4. The van der Waals surface area contributed by atoms with Crippen molar-refractivity contribution in [2.45, 2.75) is 82.7 Å². The molecule has 0 aliphatic heterocycles. The van der Waals surface area contributed by atoms with Gasteiger partial charge in [0.1, 0.15) is 5.75 Å². The molecule has 1 spiro atoms. The van der Waals surface area contributed by atoms with E-state index in [1.54, 1.807) is 7.11 Å². The average molecular weight is 451 g/mol. The fraction of sp³-hybridized carbons (Fsp3) is 0.690. The van der Waals surface area contributed by atoms with E-state index in [-0.39, 0.29) is 17.4 Å². The van der Waals surface area contributed by atoms with E-state index in [1.807, 2.05) is 6.08 Å². The van der Waals surface area contributed by atoms with Gasteiger partial charge in [0, 0.05) is 13.0 Å². The summed E-state index contributed by atoms with van der Waals surface area (Å²) >= 11 is 0. The molecule has 5 aliphatic carbocycles. The molecule has 0 bridgehead atoms. The van der Waals surface area contributed by atoms with Crippen molar-refractivity contribution in [1.82, 2.24) is 0 Å². The van der Waals surface area contributed by atoms with Crippen molar-refractivity contribution in [2.75, 3.05) is 13.7 Å². The van der Waals surface area contributed by atoms with E-state index in [9.17, 15) is 15.0 Å². The Morgan fingerprint density at radius 2 is 2.03 bits per heavy atom. The zero-order valence-corrected chi connectivity index (χ0v) is 20.1. The van der Waals surface area contributed by atoms with Gasteiger partial charge in [0.25, 0.3) is 0 Å². The van der Waals surface area contributed by atoms with Gasteiger partial charge in [-0.3, -0.25) is 4.79 Å². The van der Waals surface area contributed by atoms with Crippen LogP contribution in [0.5, 0.6) is 5.75 Å². The molecule has 3 fully saturated rings. The van der Waals surface area contributed by atoms with Gasteiger partial charge in [0.05, 0.1) is 12.7 Å². The lowest BCUT2D eigenvalue weighted by atomic mass is 9.39. The average Bonchev–Trinajstić information content (AvgIpc) is 3.08. The fourth-order valence-corrected chi connectivity index (χ4v) is 9.59. The SMILES string of the molecule is COc1ccc2c(c1)C[C@]13CCC(=O)C=C1CC[C@@H]1[C@@H]3[C@@H]2C[C@@]2(C)[C@@H]1CC[C@]2(O)CCCO. The molecule has 6 rings (SSSR count). The van der Waals surface area contributed by atoms with Crippen molar-refractivity contribution in [3.63, 3.8) is 0 Å². The second-order valence-corrected chi connectivity index (χ2v) is 12.0. The first-order chi connectivity index (χ1) is 15.8. The van der Waals surface area contributed by atoms with Crippen molar-refractivity contribution in [3.8, 4) is 5.75 Å². The third-order valence-electron chi connectivity index (χ3n) is 11.0. The van der Waals surface area contributed by atoms with Crippen LogP contribution in [0.3, 0.4) is 0 Å². The molecule has 4 nitrogen and oxygen atoms in total. The van der Waals surface area contributed by atoms with Crippen molar-refractivity contribution in [1.29, 1.82) is 0 Å². The highest BCUT2D eigenvalue weighted by molar-refractivity contribution is 5.91. The van der Waals surface area contributed by atoms with Gasteiger partial charge >= 0.3 is 0 Å². The first-order valence-corrected chi connectivity index (χ1v) is 13.1. The Balaban J connectivity index is 1.51. The van der Waals surface area contributed by atoms with Gasteiger partial charge in [-0.15, -0.1) is 0 Å². The number of fused-ring (bicyclic) bond motifs is 4. The van der Waals surface area contributed by atoms with Crippen LogP contribution in [-0.2, 0) is 11.2 Å². The largest absolute Gasteiger partial charge is 0.497 e. The van der Waals surface area contributed by atoms with Crippen LogP contribution in [0.1, 0.15) is 81.8 Å². The van der Waals surface area contributed by atoms with E-state index in [0.717, 1.165) is 50.7 Å². The van der Waals surface area contributed by atoms with E-state index in [1.165, 1.54) is 16.7 Å². The minimum atomic E-state index is -0.693. The van der Waals surface area contributed by atoms with Gasteiger partial charge in [0.15, 0.2) is 5.78 Å². The topological polar surface area (TPSA) is 66.8 Å². The minimum Gasteiger partial charge on any atom is -0.497 e. The molecule has 1 aromatic carbocycles. The van der Waals surface area contributed by atoms with Crippen LogP contribution in [0, 0.1) is 28.6 Å². The number of ketones is 1. The lowest BCUT2D eigenvalue weighted by Crippen LogP contribution is -2.59. The van der Waals surface area contributed by atoms with Gasteiger partial charge in [-0.05, 0) is 122 Å². The highest BCUT2D eigenvalue weighted by Gasteiger charge is 2.68.